The van der Waals surface area contributed by atoms with Gasteiger partial charge in [-0.3, -0.25) is 9.88 Å². The van der Waals surface area contributed by atoms with E-state index in [9.17, 15) is 0 Å². The third-order valence-corrected chi connectivity index (χ3v) is 2.81. The molecular weight excluding hydrogens is 236 g/mol. The van der Waals surface area contributed by atoms with Gasteiger partial charge in [0.15, 0.2) is 0 Å². The molecule has 0 amide bonds. The van der Waals surface area contributed by atoms with Gasteiger partial charge >= 0.3 is 0 Å². The highest BCUT2D eigenvalue weighted by molar-refractivity contribution is 6.31. The van der Waals surface area contributed by atoms with Gasteiger partial charge in [0.2, 0.25) is 0 Å². The number of rotatable bonds is 4. The number of aryl methyl sites for hydroxylation is 1. The number of imidazole rings is 1. The fourth-order valence-corrected chi connectivity index (χ4v) is 1.86. The van der Waals surface area contributed by atoms with Crippen molar-refractivity contribution < 1.29 is 0 Å². The first-order valence-corrected chi connectivity index (χ1v) is 5.80. The quantitative estimate of drug-likeness (QED) is 0.906. The molecule has 2 aromatic rings. The van der Waals surface area contributed by atoms with Crippen molar-refractivity contribution in [3.63, 3.8) is 0 Å². The van der Waals surface area contributed by atoms with Crippen LogP contribution in [0.15, 0.2) is 24.7 Å². The Hall–Kier alpha value is -1.39. The van der Waals surface area contributed by atoms with Crippen LogP contribution in [0, 0.1) is 6.92 Å². The molecule has 1 N–H and O–H groups in total. The van der Waals surface area contributed by atoms with E-state index in [0.717, 1.165) is 30.2 Å². The van der Waals surface area contributed by atoms with E-state index >= 15 is 0 Å². The van der Waals surface area contributed by atoms with Crippen molar-refractivity contribution in [1.82, 2.24) is 19.9 Å². The fraction of sp³-hybridized carbons (Fsp3) is 0.333. The Balaban J connectivity index is 1.98. The number of nitrogens with zero attached hydrogens (tertiary/aromatic N) is 3. The molecule has 0 aliphatic heterocycles. The number of hydrogen-bond acceptors (Lipinski definition) is 3. The summed E-state index contributed by atoms with van der Waals surface area (Å²) < 4.78 is 0. The van der Waals surface area contributed by atoms with Crippen LogP contribution in [0.4, 0.5) is 0 Å². The summed E-state index contributed by atoms with van der Waals surface area (Å²) in [6.45, 7) is 3.55. The normalized spacial score (nSPS) is 11.1. The number of aromatic amines is 1. The van der Waals surface area contributed by atoms with E-state index in [2.05, 4.69) is 19.9 Å². The van der Waals surface area contributed by atoms with Crippen molar-refractivity contribution in [2.45, 2.75) is 20.0 Å². The Kier molecular flexibility index (Phi) is 3.76. The molecule has 0 atom stereocenters. The summed E-state index contributed by atoms with van der Waals surface area (Å²) in [6.07, 6.45) is 5.26. The zero-order valence-corrected chi connectivity index (χ0v) is 10.7. The smallest absolute Gasteiger partial charge is 0.120 e. The number of nitrogens with one attached hydrogen (secondary N) is 1. The third-order valence-electron chi connectivity index (χ3n) is 2.47. The number of aromatic nitrogens is 3. The highest BCUT2D eigenvalue weighted by atomic mass is 35.5. The molecule has 0 bridgehead atoms. The highest BCUT2D eigenvalue weighted by Crippen LogP contribution is 2.15. The topological polar surface area (TPSA) is 44.8 Å². The van der Waals surface area contributed by atoms with Crippen LogP contribution in [0.25, 0.3) is 0 Å². The molecule has 2 heterocycles. The van der Waals surface area contributed by atoms with Gasteiger partial charge in [-0.05, 0) is 25.6 Å². The van der Waals surface area contributed by atoms with Gasteiger partial charge in [-0.25, -0.2) is 4.98 Å². The van der Waals surface area contributed by atoms with Crippen LogP contribution in [0.5, 0.6) is 0 Å². The van der Waals surface area contributed by atoms with Gasteiger partial charge in [0.05, 0.1) is 11.6 Å². The molecule has 2 rings (SSSR count). The molecular formula is C12H15ClN4. The summed E-state index contributed by atoms with van der Waals surface area (Å²) in [5.74, 6) is 0.968. The van der Waals surface area contributed by atoms with Crippen molar-refractivity contribution in [2.75, 3.05) is 7.05 Å². The standard InChI is InChI=1S/C12H15ClN4/c1-9-5-15-12(16-9)8-17(2)7-10-3-4-14-6-11(10)13/h3-6H,7-8H2,1-2H3,(H,15,16). The van der Waals surface area contributed by atoms with E-state index in [4.69, 9.17) is 11.6 Å². The highest BCUT2D eigenvalue weighted by Gasteiger charge is 2.06. The van der Waals surface area contributed by atoms with Gasteiger partial charge in [-0.1, -0.05) is 11.6 Å². The van der Waals surface area contributed by atoms with E-state index < -0.39 is 0 Å². The van der Waals surface area contributed by atoms with Crippen LogP contribution in [-0.4, -0.2) is 26.9 Å². The first-order valence-electron chi connectivity index (χ1n) is 5.42. The summed E-state index contributed by atoms with van der Waals surface area (Å²) in [4.78, 5) is 13.6. The lowest BCUT2D eigenvalue weighted by Gasteiger charge is -2.15. The van der Waals surface area contributed by atoms with Crippen LogP contribution in [0.1, 0.15) is 17.1 Å². The van der Waals surface area contributed by atoms with Gasteiger partial charge in [-0.15, -0.1) is 0 Å². The maximum atomic E-state index is 6.06. The average Bonchev–Trinajstić information content (AvgIpc) is 2.67. The lowest BCUT2D eigenvalue weighted by Crippen LogP contribution is -2.18. The summed E-state index contributed by atoms with van der Waals surface area (Å²) in [5.41, 5.74) is 2.16. The summed E-state index contributed by atoms with van der Waals surface area (Å²) in [7, 11) is 2.04. The third kappa shape index (κ3) is 3.28. The second-order valence-electron chi connectivity index (χ2n) is 4.15. The van der Waals surface area contributed by atoms with E-state index in [1.54, 1.807) is 12.4 Å². The second-order valence-corrected chi connectivity index (χ2v) is 4.56. The maximum absolute atomic E-state index is 6.06. The fourth-order valence-electron chi connectivity index (χ4n) is 1.68. The molecule has 5 heteroatoms. The van der Waals surface area contributed by atoms with Crippen molar-refractivity contribution in [1.29, 1.82) is 0 Å². The van der Waals surface area contributed by atoms with E-state index in [1.165, 1.54) is 0 Å². The van der Waals surface area contributed by atoms with Crippen molar-refractivity contribution in [3.05, 3.63) is 46.8 Å². The van der Waals surface area contributed by atoms with Gasteiger partial charge in [0.1, 0.15) is 5.82 Å². The van der Waals surface area contributed by atoms with Crippen LogP contribution >= 0.6 is 11.6 Å². The molecule has 90 valence electrons. The molecule has 0 unspecified atom stereocenters. The van der Waals surface area contributed by atoms with Gasteiger partial charge in [0.25, 0.3) is 0 Å². The van der Waals surface area contributed by atoms with Crippen LogP contribution in [0.3, 0.4) is 0 Å². The minimum absolute atomic E-state index is 0.704. The Morgan fingerprint density at radius 1 is 1.35 bits per heavy atom. The molecule has 2 aromatic heterocycles. The van der Waals surface area contributed by atoms with E-state index in [0.29, 0.717) is 5.02 Å². The number of pyridine rings is 1. The molecule has 0 saturated carbocycles. The first-order chi connectivity index (χ1) is 8.15. The summed E-state index contributed by atoms with van der Waals surface area (Å²) in [6, 6.07) is 1.94. The molecule has 0 aliphatic rings. The largest absolute Gasteiger partial charge is 0.345 e. The van der Waals surface area contributed by atoms with Crippen LogP contribution < -0.4 is 0 Å². The van der Waals surface area contributed by atoms with Gasteiger partial charge in [-0.2, -0.15) is 0 Å². The average molecular weight is 251 g/mol. The van der Waals surface area contributed by atoms with Crippen LogP contribution in [0.2, 0.25) is 5.02 Å². The number of halogens is 1. The predicted octanol–water partition coefficient (Wildman–Crippen LogP) is 2.40. The maximum Gasteiger partial charge on any atom is 0.120 e. The lowest BCUT2D eigenvalue weighted by atomic mass is 10.2. The minimum atomic E-state index is 0.704. The first kappa shape index (κ1) is 12.1. The number of hydrogen-bond donors (Lipinski definition) is 1. The van der Waals surface area contributed by atoms with E-state index in [1.807, 2.05) is 26.2 Å². The molecule has 0 aliphatic carbocycles. The number of H-pyrrole nitrogens is 1. The predicted molar refractivity (Wildman–Crippen MR) is 67.7 cm³/mol. The molecule has 0 aromatic carbocycles. The Morgan fingerprint density at radius 3 is 2.82 bits per heavy atom. The molecule has 17 heavy (non-hydrogen) atoms. The summed E-state index contributed by atoms with van der Waals surface area (Å²) in [5, 5.41) is 0.704. The Bertz CT molecular complexity index is 495. The zero-order valence-electron chi connectivity index (χ0n) is 9.94. The second kappa shape index (κ2) is 5.29. The minimum Gasteiger partial charge on any atom is -0.345 e. The Labute approximate surface area is 106 Å². The molecule has 0 saturated heterocycles. The van der Waals surface area contributed by atoms with Crippen molar-refractivity contribution in [3.8, 4) is 0 Å². The van der Waals surface area contributed by atoms with Crippen LogP contribution in [-0.2, 0) is 13.1 Å². The molecule has 4 nitrogen and oxygen atoms in total. The summed E-state index contributed by atoms with van der Waals surface area (Å²) >= 11 is 6.06. The lowest BCUT2D eigenvalue weighted by molar-refractivity contribution is 0.311. The molecule has 0 fully saturated rings. The zero-order chi connectivity index (χ0) is 12.3. The SMILES string of the molecule is Cc1cnc(CN(C)Cc2ccncc2Cl)[nH]1. The van der Waals surface area contributed by atoms with Crippen molar-refractivity contribution in [2.24, 2.45) is 0 Å². The Morgan fingerprint density at radius 2 is 2.18 bits per heavy atom. The monoisotopic (exact) mass is 250 g/mol. The van der Waals surface area contributed by atoms with Gasteiger partial charge in [0, 0.05) is 30.8 Å². The molecule has 0 radical (unpaired) electrons. The van der Waals surface area contributed by atoms with E-state index in [-0.39, 0.29) is 0 Å². The van der Waals surface area contributed by atoms with Gasteiger partial charge < -0.3 is 4.98 Å². The van der Waals surface area contributed by atoms with Crippen molar-refractivity contribution >= 4 is 11.6 Å². The molecule has 0 spiro atoms.